The van der Waals surface area contributed by atoms with E-state index in [-0.39, 0.29) is 11.5 Å². The lowest BCUT2D eigenvalue weighted by molar-refractivity contribution is 0.0969. The van der Waals surface area contributed by atoms with Crippen LogP contribution in [0.5, 0.6) is 5.75 Å². The molecule has 3 heteroatoms. The number of rotatable bonds is 10. The first-order valence-electron chi connectivity index (χ1n) is 11.4. The number of hydrogen-bond acceptors (Lipinski definition) is 2. The molecule has 0 heterocycles. The van der Waals surface area contributed by atoms with Gasteiger partial charge in [-0.05, 0) is 54.6 Å². The van der Waals surface area contributed by atoms with Gasteiger partial charge in [0.05, 0.1) is 0 Å². The van der Waals surface area contributed by atoms with Crippen LogP contribution in [-0.2, 0) is 6.42 Å². The molecule has 28 heavy (non-hydrogen) atoms. The molecule has 0 bridgehead atoms. The Morgan fingerprint density at radius 1 is 1.04 bits per heavy atom. The zero-order valence-corrected chi connectivity index (χ0v) is 18.6. The molecule has 0 radical (unpaired) electrons. The highest BCUT2D eigenvalue weighted by Crippen LogP contribution is 2.45. The highest BCUT2D eigenvalue weighted by Gasteiger charge is 2.36. The zero-order valence-electron chi connectivity index (χ0n) is 18.6. The van der Waals surface area contributed by atoms with Gasteiger partial charge in [-0.3, -0.25) is 0 Å². The second kappa shape index (κ2) is 10.9. The Kier molecular flexibility index (Phi) is 8.85. The fourth-order valence-electron chi connectivity index (χ4n) is 4.80. The number of benzene rings is 1. The summed E-state index contributed by atoms with van der Waals surface area (Å²) in [6.45, 7) is 9.89. The molecule has 1 saturated carbocycles. The Morgan fingerprint density at radius 2 is 1.75 bits per heavy atom. The van der Waals surface area contributed by atoms with Gasteiger partial charge in [0.1, 0.15) is 5.75 Å². The summed E-state index contributed by atoms with van der Waals surface area (Å²) in [6.07, 6.45) is 13.1. The standard InChI is InChI=1S/C25H41NO2/c1-5-6-7-8-9-10-14-21-15-11-12-16-22(21)28-23(27)26-20-25(4)18-13-17-24(2,3)19-25/h11-12,15-16H,5-10,13-14,17-20H2,1-4H3,(H,26,27). The molecule has 1 aromatic carbocycles. The second-order valence-electron chi connectivity index (χ2n) is 9.87. The molecule has 1 atom stereocenters. The van der Waals surface area contributed by atoms with Crippen molar-refractivity contribution in [1.82, 2.24) is 5.32 Å². The topological polar surface area (TPSA) is 38.3 Å². The van der Waals surface area contributed by atoms with Crippen molar-refractivity contribution >= 4 is 6.09 Å². The SMILES string of the molecule is CCCCCCCCc1ccccc1OC(=O)NCC1(C)CCCC(C)(C)C1. The minimum Gasteiger partial charge on any atom is -0.410 e. The molecule has 1 aromatic rings. The molecular weight excluding hydrogens is 346 g/mol. The van der Waals surface area contributed by atoms with E-state index in [1.54, 1.807) is 0 Å². The van der Waals surface area contributed by atoms with E-state index in [0.717, 1.165) is 24.8 Å². The molecule has 158 valence electrons. The van der Waals surface area contributed by atoms with Crippen LogP contribution < -0.4 is 10.1 Å². The Bertz CT molecular complexity index is 610. The van der Waals surface area contributed by atoms with Gasteiger partial charge in [0.2, 0.25) is 0 Å². The first-order valence-corrected chi connectivity index (χ1v) is 11.4. The van der Waals surface area contributed by atoms with Gasteiger partial charge < -0.3 is 10.1 Å². The van der Waals surface area contributed by atoms with Crippen LogP contribution in [0.2, 0.25) is 0 Å². The molecule has 1 fully saturated rings. The van der Waals surface area contributed by atoms with Gasteiger partial charge in [-0.2, -0.15) is 0 Å². The van der Waals surface area contributed by atoms with Crippen LogP contribution in [0.25, 0.3) is 0 Å². The summed E-state index contributed by atoms with van der Waals surface area (Å²) in [5, 5.41) is 3.04. The van der Waals surface area contributed by atoms with E-state index in [4.69, 9.17) is 4.74 Å². The van der Waals surface area contributed by atoms with Gasteiger partial charge in [0.15, 0.2) is 0 Å². The fraction of sp³-hybridized carbons (Fsp3) is 0.720. The molecule has 1 unspecified atom stereocenters. The van der Waals surface area contributed by atoms with E-state index in [2.05, 4.69) is 39.1 Å². The Balaban J connectivity index is 1.80. The average Bonchev–Trinajstić information content (AvgIpc) is 2.63. The molecule has 0 spiro atoms. The first kappa shape index (κ1) is 22.8. The van der Waals surface area contributed by atoms with Crippen molar-refractivity contribution < 1.29 is 9.53 Å². The highest BCUT2D eigenvalue weighted by molar-refractivity contribution is 5.70. The van der Waals surface area contributed by atoms with Crippen LogP contribution in [0.4, 0.5) is 4.79 Å². The largest absolute Gasteiger partial charge is 0.412 e. The number of hydrogen-bond donors (Lipinski definition) is 1. The molecule has 1 N–H and O–H groups in total. The molecule has 0 aromatic heterocycles. The predicted octanol–water partition coefficient (Wildman–Crippen LogP) is 7.28. The van der Waals surface area contributed by atoms with E-state index in [9.17, 15) is 4.79 Å². The van der Waals surface area contributed by atoms with Gasteiger partial charge >= 0.3 is 6.09 Å². The third-order valence-corrected chi connectivity index (χ3v) is 6.17. The van der Waals surface area contributed by atoms with E-state index >= 15 is 0 Å². The van der Waals surface area contributed by atoms with Crippen LogP contribution in [-0.4, -0.2) is 12.6 Å². The molecule has 1 amide bonds. The van der Waals surface area contributed by atoms with Crippen LogP contribution >= 0.6 is 0 Å². The van der Waals surface area contributed by atoms with E-state index in [0.29, 0.717) is 17.7 Å². The Hall–Kier alpha value is -1.51. The van der Waals surface area contributed by atoms with Crippen molar-refractivity contribution in [3.63, 3.8) is 0 Å². The summed E-state index contributed by atoms with van der Waals surface area (Å²) in [7, 11) is 0. The third-order valence-electron chi connectivity index (χ3n) is 6.17. The number of carbonyl (C=O) groups is 1. The maximum absolute atomic E-state index is 12.4. The summed E-state index contributed by atoms with van der Waals surface area (Å²) < 4.78 is 5.68. The van der Waals surface area contributed by atoms with Gasteiger partial charge in [-0.15, -0.1) is 0 Å². The molecule has 0 saturated heterocycles. The first-order chi connectivity index (χ1) is 13.3. The monoisotopic (exact) mass is 387 g/mol. The van der Waals surface area contributed by atoms with E-state index < -0.39 is 0 Å². The Labute approximate surface area is 172 Å². The summed E-state index contributed by atoms with van der Waals surface area (Å²) >= 11 is 0. The summed E-state index contributed by atoms with van der Waals surface area (Å²) in [4.78, 5) is 12.4. The fourth-order valence-corrected chi connectivity index (χ4v) is 4.80. The van der Waals surface area contributed by atoms with Crippen molar-refractivity contribution in [3.05, 3.63) is 29.8 Å². The number of carbonyl (C=O) groups excluding carboxylic acids is 1. The van der Waals surface area contributed by atoms with Gasteiger partial charge in [0, 0.05) is 6.54 Å². The lowest BCUT2D eigenvalue weighted by Crippen LogP contribution is -2.41. The summed E-state index contributed by atoms with van der Waals surface area (Å²) in [6, 6.07) is 7.97. The lowest BCUT2D eigenvalue weighted by Gasteiger charge is -2.42. The highest BCUT2D eigenvalue weighted by atomic mass is 16.6. The smallest absolute Gasteiger partial charge is 0.410 e. The van der Waals surface area contributed by atoms with Crippen LogP contribution in [0.1, 0.15) is 97.5 Å². The molecule has 1 aliphatic carbocycles. The number of nitrogens with one attached hydrogen (secondary N) is 1. The lowest BCUT2D eigenvalue weighted by atomic mass is 9.64. The van der Waals surface area contributed by atoms with Crippen molar-refractivity contribution in [3.8, 4) is 5.75 Å². The molecular formula is C25H41NO2. The van der Waals surface area contributed by atoms with Crippen molar-refractivity contribution in [2.24, 2.45) is 10.8 Å². The van der Waals surface area contributed by atoms with E-state index in [1.807, 2.05) is 18.2 Å². The number of ether oxygens (including phenoxy) is 1. The average molecular weight is 388 g/mol. The van der Waals surface area contributed by atoms with Crippen LogP contribution in [0, 0.1) is 10.8 Å². The maximum atomic E-state index is 12.4. The number of para-hydroxylation sites is 1. The molecule has 0 aliphatic heterocycles. The van der Waals surface area contributed by atoms with Crippen molar-refractivity contribution in [2.45, 2.75) is 98.3 Å². The number of aryl methyl sites for hydroxylation is 1. The van der Waals surface area contributed by atoms with E-state index in [1.165, 1.54) is 51.4 Å². The van der Waals surface area contributed by atoms with Crippen molar-refractivity contribution in [2.75, 3.05) is 6.54 Å². The summed E-state index contributed by atoms with van der Waals surface area (Å²) in [5.41, 5.74) is 1.67. The van der Waals surface area contributed by atoms with Gasteiger partial charge in [0.25, 0.3) is 0 Å². The van der Waals surface area contributed by atoms with Crippen LogP contribution in [0.15, 0.2) is 24.3 Å². The van der Waals surface area contributed by atoms with Gasteiger partial charge in [-0.1, -0.05) is 84.4 Å². The molecule has 3 nitrogen and oxygen atoms in total. The van der Waals surface area contributed by atoms with Crippen LogP contribution in [0.3, 0.4) is 0 Å². The van der Waals surface area contributed by atoms with Crippen molar-refractivity contribution in [1.29, 1.82) is 0 Å². The quantitative estimate of drug-likeness (QED) is 0.428. The molecule has 2 rings (SSSR count). The maximum Gasteiger partial charge on any atom is 0.412 e. The Morgan fingerprint density at radius 3 is 2.50 bits per heavy atom. The van der Waals surface area contributed by atoms with Gasteiger partial charge in [-0.25, -0.2) is 4.79 Å². The predicted molar refractivity (Wildman–Crippen MR) is 118 cm³/mol. The number of amides is 1. The zero-order chi connectivity index (χ0) is 20.5. The number of unbranched alkanes of at least 4 members (excludes halogenated alkanes) is 5. The normalized spacial score (nSPS) is 21.3. The molecule has 1 aliphatic rings. The summed E-state index contributed by atoms with van der Waals surface area (Å²) in [5.74, 6) is 0.711. The minimum atomic E-state index is -0.319. The minimum absolute atomic E-state index is 0.165. The second-order valence-corrected chi connectivity index (χ2v) is 9.87. The third kappa shape index (κ3) is 7.85.